The smallest absolute Gasteiger partial charge is 0.253 e. The highest BCUT2D eigenvalue weighted by atomic mass is 79.9. The van der Waals surface area contributed by atoms with Gasteiger partial charge in [-0.1, -0.05) is 6.92 Å². The van der Waals surface area contributed by atoms with E-state index in [-0.39, 0.29) is 11.9 Å². The first kappa shape index (κ1) is 13.5. The molecule has 1 amide bonds. The van der Waals surface area contributed by atoms with Crippen LogP contribution in [0, 0.1) is 0 Å². The molecule has 0 aromatic carbocycles. The molecule has 0 saturated carbocycles. The number of halogens is 1. The van der Waals surface area contributed by atoms with Gasteiger partial charge in [-0.25, -0.2) is 0 Å². The summed E-state index contributed by atoms with van der Waals surface area (Å²) in [5.41, 5.74) is 0.586. The van der Waals surface area contributed by atoms with Crippen molar-refractivity contribution in [2.75, 3.05) is 11.5 Å². The summed E-state index contributed by atoms with van der Waals surface area (Å²) in [7, 11) is 0. The lowest BCUT2D eigenvalue weighted by molar-refractivity contribution is 0.0943. The van der Waals surface area contributed by atoms with Gasteiger partial charge in [0.2, 0.25) is 0 Å². The van der Waals surface area contributed by atoms with Crippen molar-refractivity contribution in [3.8, 4) is 0 Å². The van der Waals surface area contributed by atoms with Crippen LogP contribution >= 0.6 is 27.7 Å². The zero-order valence-electron chi connectivity index (χ0n) is 9.37. The van der Waals surface area contributed by atoms with Crippen LogP contribution < -0.4 is 5.32 Å². The highest BCUT2D eigenvalue weighted by Crippen LogP contribution is 2.10. The van der Waals surface area contributed by atoms with Crippen LogP contribution in [-0.4, -0.2) is 28.4 Å². The molecule has 88 valence electrons. The lowest BCUT2D eigenvalue weighted by atomic mass is 10.2. The third-order valence-electron chi connectivity index (χ3n) is 1.92. The molecule has 1 aromatic rings. The molecule has 0 fully saturated rings. The minimum absolute atomic E-state index is 0.0713. The van der Waals surface area contributed by atoms with Crippen LogP contribution in [0.5, 0.6) is 0 Å². The molecule has 1 N–H and O–H groups in total. The van der Waals surface area contributed by atoms with Crippen LogP contribution in [0.4, 0.5) is 0 Å². The minimum Gasteiger partial charge on any atom is -0.349 e. The van der Waals surface area contributed by atoms with E-state index < -0.39 is 0 Å². The molecule has 16 heavy (non-hydrogen) atoms. The number of nitrogens with one attached hydrogen (secondary N) is 1. The van der Waals surface area contributed by atoms with Crippen LogP contribution in [0.3, 0.4) is 0 Å². The molecule has 1 rings (SSSR count). The summed E-state index contributed by atoms with van der Waals surface area (Å²) in [6.07, 6.45) is 3.23. The van der Waals surface area contributed by atoms with Crippen molar-refractivity contribution in [3.63, 3.8) is 0 Å². The predicted molar refractivity (Wildman–Crippen MR) is 71.9 cm³/mol. The van der Waals surface area contributed by atoms with E-state index >= 15 is 0 Å². The number of pyridine rings is 1. The first-order valence-electron chi connectivity index (χ1n) is 5.12. The maximum absolute atomic E-state index is 11.8. The van der Waals surface area contributed by atoms with Gasteiger partial charge in [-0.3, -0.25) is 9.78 Å². The molecule has 1 aromatic heterocycles. The third-order valence-corrected chi connectivity index (χ3v) is 3.49. The number of hydrogen-bond donors (Lipinski definition) is 1. The van der Waals surface area contributed by atoms with Crippen molar-refractivity contribution in [1.29, 1.82) is 0 Å². The van der Waals surface area contributed by atoms with Crippen LogP contribution in [0.2, 0.25) is 0 Å². The number of nitrogens with zero attached hydrogens (tertiary/aromatic N) is 1. The van der Waals surface area contributed by atoms with Gasteiger partial charge in [0.05, 0.1) is 5.56 Å². The van der Waals surface area contributed by atoms with E-state index in [2.05, 4.69) is 33.2 Å². The number of rotatable bonds is 5. The molecule has 0 aliphatic carbocycles. The Hall–Kier alpha value is -0.550. The molecular formula is C11H15BrN2OS. The summed E-state index contributed by atoms with van der Waals surface area (Å²) in [6.45, 7) is 4.11. The monoisotopic (exact) mass is 302 g/mol. The average Bonchev–Trinajstić information content (AvgIpc) is 2.26. The Bertz CT molecular complexity index is 360. The van der Waals surface area contributed by atoms with Crippen molar-refractivity contribution in [3.05, 3.63) is 28.5 Å². The number of aromatic nitrogens is 1. The molecule has 0 spiro atoms. The van der Waals surface area contributed by atoms with Crippen LogP contribution in [0.1, 0.15) is 24.2 Å². The predicted octanol–water partition coefficient (Wildman–Crippen LogP) is 2.72. The molecule has 0 radical (unpaired) electrons. The van der Waals surface area contributed by atoms with Crippen molar-refractivity contribution in [2.45, 2.75) is 19.9 Å². The number of carbonyl (C=O) groups excluding carboxylic acids is 1. The van der Waals surface area contributed by atoms with Gasteiger partial charge in [0.25, 0.3) is 5.91 Å². The van der Waals surface area contributed by atoms with Gasteiger partial charge < -0.3 is 5.32 Å². The highest BCUT2D eigenvalue weighted by Gasteiger charge is 2.09. The first-order chi connectivity index (χ1) is 7.63. The molecular weight excluding hydrogens is 288 g/mol. The Balaban J connectivity index is 2.52. The Morgan fingerprint density at radius 2 is 2.38 bits per heavy atom. The van der Waals surface area contributed by atoms with E-state index in [0.717, 1.165) is 16.0 Å². The van der Waals surface area contributed by atoms with E-state index in [9.17, 15) is 4.79 Å². The second kappa shape index (κ2) is 6.91. The van der Waals surface area contributed by atoms with E-state index in [4.69, 9.17) is 0 Å². The number of amides is 1. The summed E-state index contributed by atoms with van der Waals surface area (Å²) >= 11 is 5.11. The van der Waals surface area contributed by atoms with E-state index in [0.29, 0.717) is 5.56 Å². The Morgan fingerprint density at radius 1 is 1.62 bits per heavy atom. The maximum Gasteiger partial charge on any atom is 0.253 e. The number of carbonyl (C=O) groups is 1. The zero-order valence-corrected chi connectivity index (χ0v) is 11.8. The Labute approximate surface area is 109 Å². The van der Waals surface area contributed by atoms with Gasteiger partial charge in [0, 0.05) is 28.7 Å². The Kier molecular flexibility index (Phi) is 5.84. The van der Waals surface area contributed by atoms with Gasteiger partial charge >= 0.3 is 0 Å². The standard InChI is InChI=1S/C11H15BrN2OS/c1-3-16-7-8(2)14-11(15)9-4-10(12)6-13-5-9/h4-6,8H,3,7H2,1-2H3,(H,14,15). The third kappa shape index (κ3) is 4.53. The van der Waals surface area contributed by atoms with Crippen molar-refractivity contribution < 1.29 is 4.79 Å². The van der Waals surface area contributed by atoms with Gasteiger partial charge in [0.15, 0.2) is 0 Å². The average molecular weight is 303 g/mol. The Morgan fingerprint density at radius 3 is 3.00 bits per heavy atom. The van der Waals surface area contributed by atoms with Crippen molar-refractivity contribution in [1.82, 2.24) is 10.3 Å². The highest BCUT2D eigenvalue weighted by molar-refractivity contribution is 9.10. The maximum atomic E-state index is 11.8. The topological polar surface area (TPSA) is 42.0 Å². The quantitative estimate of drug-likeness (QED) is 0.909. The second-order valence-corrected chi connectivity index (χ2v) is 5.66. The van der Waals surface area contributed by atoms with Crippen LogP contribution in [0.25, 0.3) is 0 Å². The van der Waals surface area contributed by atoms with Crippen molar-refractivity contribution in [2.24, 2.45) is 0 Å². The van der Waals surface area contributed by atoms with Gasteiger partial charge in [-0.15, -0.1) is 0 Å². The lowest BCUT2D eigenvalue weighted by Crippen LogP contribution is -2.34. The second-order valence-electron chi connectivity index (χ2n) is 3.43. The molecule has 0 bridgehead atoms. The summed E-state index contributed by atoms with van der Waals surface area (Å²) in [5, 5.41) is 2.94. The summed E-state index contributed by atoms with van der Waals surface area (Å²) in [4.78, 5) is 15.8. The van der Waals surface area contributed by atoms with Gasteiger partial charge in [0.1, 0.15) is 0 Å². The first-order valence-corrected chi connectivity index (χ1v) is 7.07. The fraction of sp³-hybridized carbons (Fsp3) is 0.455. The normalized spacial score (nSPS) is 12.2. The number of thioether (sulfide) groups is 1. The molecule has 0 saturated heterocycles. The van der Waals surface area contributed by atoms with Gasteiger partial charge in [-0.05, 0) is 34.7 Å². The molecule has 5 heteroatoms. The number of hydrogen-bond acceptors (Lipinski definition) is 3. The summed E-state index contributed by atoms with van der Waals surface area (Å²) in [5.74, 6) is 1.93. The molecule has 0 aliphatic heterocycles. The van der Waals surface area contributed by atoms with E-state index in [1.807, 2.05) is 18.7 Å². The molecule has 1 atom stereocenters. The largest absolute Gasteiger partial charge is 0.349 e. The summed E-state index contributed by atoms with van der Waals surface area (Å²) in [6, 6.07) is 1.94. The fourth-order valence-electron chi connectivity index (χ4n) is 1.18. The molecule has 0 aliphatic rings. The van der Waals surface area contributed by atoms with Crippen LogP contribution in [-0.2, 0) is 0 Å². The summed E-state index contributed by atoms with van der Waals surface area (Å²) < 4.78 is 0.815. The molecule has 1 heterocycles. The van der Waals surface area contributed by atoms with Crippen molar-refractivity contribution >= 4 is 33.6 Å². The van der Waals surface area contributed by atoms with Crippen LogP contribution in [0.15, 0.2) is 22.9 Å². The minimum atomic E-state index is -0.0713. The van der Waals surface area contributed by atoms with Gasteiger partial charge in [-0.2, -0.15) is 11.8 Å². The zero-order chi connectivity index (χ0) is 12.0. The molecule has 1 unspecified atom stereocenters. The van der Waals surface area contributed by atoms with E-state index in [1.54, 1.807) is 18.5 Å². The van der Waals surface area contributed by atoms with E-state index in [1.165, 1.54) is 0 Å². The molecule has 3 nitrogen and oxygen atoms in total. The SMILES string of the molecule is CCSCC(C)NC(=O)c1cncc(Br)c1. The fourth-order valence-corrected chi connectivity index (χ4v) is 2.22. The lowest BCUT2D eigenvalue weighted by Gasteiger charge is -2.12.